The first-order valence-corrected chi connectivity index (χ1v) is 6.27. The summed E-state index contributed by atoms with van der Waals surface area (Å²) in [5.41, 5.74) is 1.36. The summed E-state index contributed by atoms with van der Waals surface area (Å²) in [7, 11) is 0. The molecule has 0 aromatic heterocycles. The van der Waals surface area contributed by atoms with E-state index in [1.807, 2.05) is 6.92 Å². The van der Waals surface area contributed by atoms with E-state index in [9.17, 15) is 9.90 Å². The second-order valence-corrected chi connectivity index (χ2v) is 4.73. The second kappa shape index (κ2) is 5.69. The van der Waals surface area contributed by atoms with E-state index in [-0.39, 0.29) is 18.6 Å². The Morgan fingerprint density at radius 1 is 1.61 bits per heavy atom. The highest BCUT2D eigenvalue weighted by atomic mass is 35.5. The Kier molecular flexibility index (Phi) is 4.22. The van der Waals surface area contributed by atoms with Crippen LogP contribution in [0.25, 0.3) is 0 Å². The normalized spacial score (nSPS) is 19.9. The summed E-state index contributed by atoms with van der Waals surface area (Å²) < 4.78 is 5.26. The standard InChI is InChI=1S/C13H16ClNO3/c1-9-11(3-2-4-12(9)14)13(17)15-5-6-18-8-10(15)7-16/h2-4,10,16H,5-8H2,1H3. The predicted octanol–water partition coefficient (Wildman–Crippen LogP) is 1.48. The summed E-state index contributed by atoms with van der Waals surface area (Å²) in [5.74, 6) is -0.0997. The maximum absolute atomic E-state index is 12.4. The van der Waals surface area contributed by atoms with Gasteiger partial charge in [0.2, 0.25) is 0 Å². The number of aliphatic hydroxyl groups excluding tert-OH is 1. The van der Waals surface area contributed by atoms with Gasteiger partial charge in [-0.05, 0) is 24.6 Å². The molecule has 1 aromatic carbocycles. The number of aliphatic hydroxyl groups is 1. The number of amides is 1. The van der Waals surface area contributed by atoms with Gasteiger partial charge in [-0.2, -0.15) is 0 Å². The number of carbonyl (C=O) groups is 1. The average Bonchev–Trinajstić information content (AvgIpc) is 2.41. The smallest absolute Gasteiger partial charge is 0.254 e. The molecule has 1 saturated heterocycles. The zero-order valence-electron chi connectivity index (χ0n) is 10.2. The predicted molar refractivity (Wildman–Crippen MR) is 68.9 cm³/mol. The van der Waals surface area contributed by atoms with Crippen LogP contribution in [0.15, 0.2) is 18.2 Å². The number of carbonyl (C=O) groups excluding carboxylic acids is 1. The highest BCUT2D eigenvalue weighted by Gasteiger charge is 2.28. The molecule has 98 valence electrons. The minimum Gasteiger partial charge on any atom is -0.394 e. The summed E-state index contributed by atoms with van der Waals surface area (Å²) in [4.78, 5) is 14.1. The number of nitrogens with zero attached hydrogens (tertiary/aromatic N) is 1. The van der Waals surface area contributed by atoms with E-state index >= 15 is 0 Å². The Morgan fingerprint density at radius 2 is 2.39 bits per heavy atom. The van der Waals surface area contributed by atoms with Gasteiger partial charge in [-0.1, -0.05) is 17.7 Å². The lowest BCUT2D eigenvalue weighted by atomic mass is 10.1. The molecule has 0 spiro atoms. The van der Waals surface area contributed by atoms with E-state index < -0.39 is 0 Å². The van der Waals surface area contributed by atoms with Crippen molar-refractivity contribution in [2.45, 2.75) is 13.0 Å². The molecular weight excluding hydrogens is 254 g/mol. The van der Waals surface area contributed by atoms with Gasteiger partial charge in [0, 0.05) is 17.1 Å². The SMILES string of the molecule is Cc1c(Cl)cccc1C(=O)N1CCOCC1CO. The van der Waals surface area contributed by atoms with Crippen LogP contribution < -0.4 is 0 Å². The van der Waals surface area contributed by atoms with Crippen molar-refractivity contribution in [2.75, 3.05) is 26.4 Å². The largest absolute Gasteiger partial charge is 0.394 e. The summed E-state index contributed by atoms with van der Waals surface area (Å²) in [6.45, 7) is 3.11. The van der Waals surface area contributed by atoms with E-state index in [1.165, 1.54) is 0 Å². The number of hydrogen-bond donors (Lipinski definition) is 1. The van der Waals surface area contributed by atoms with Gasteiger partial charge in [0.25, 0.3) is 5.91 Å². The van der Waals surface area contributed by atoms with Crippen LogP contribution in [0.5, 0.6) is 0 Å². The summed E-state index contributed by atoms with van der Waals surface area (Å²) in [6.07, 6.45) is 0. The second-order valence-electron chi connectivity index (χ2n) is 4.32. The maximum atomic E-state index is 12.4. The Bertz CT molecular complexity index is 450. The fourth-order valence-corrected chi connectivity index (χ4v) is 2.24. The first-order chi connectivity index (χ1) is 8.65. The van der Waals surface area contributed by atoms with Crippen LogP contribution in [0.4, 0.5) is 0 Å². The van der Waals surface area contributed by atoms with Crippen molar-refractivity contribution in [3.63, 3.8) is 0 Å². The number of hydrogen-bond acceptors (Lipinski definition) is 3. The van der Waals surface area contributed by atoms with E-state index in [0.29, 0.717) is 30.3 Å². The quantitative estimate of drug-likeness (QED) is 0.885. The molecule has 1 N–H and O–H groups in total. The third-order valence-electron chi connectivity index (χ3n) is 3.20. The number of morpholine rings is 1. The van der Waals surface area contributed by atoms with Gasteiger partial charge in [0.15, 0.2) is 0 Å². The molecule has 1 aliphatic heterocycles. The molecule has 1 aliphatic rings. The Morgan fingerprint density at radius 3 is 3.11 bits per heavy atom. The molecule has 0 radical (unpaired) electrons. The van der Waals surface area contributed by atoms with Gasteiger partial charge >= 0.3 is 0 Å². The van der Waals surface area contributed by atoms with Crippen LogP contribution in [0, 0.1) is 6.92 Å². The Labute approximate surface area is 111 Å². The molecule has 0 saturated carbocycles. The zero-order valence-corrected chi connectivity index (χ0v) is 11.0. The minimum absolute atomic E-state index is 0.0919. The fraction of sp³-hybridized carbons (Fsp3) is 0.462. The summed E-state index contributed by atoms with van der Waals surface area (Å²) in [6, 6.07) is 5.01. The molecule has 1 heterocycles. The van der Waals surface area contributed by atoms with Gasteiger partial charge in [-0.25, -0.2) is 0 Å². The third-order valence-corrected chi connectivity index (χ3v) is 3.61. The molecule has 1 amide bonds. The molecule has 18 heavy (non-hydrogen) atoms. The van der Waals surface area contributed by atoms with Crippen molar-refractivity contribution in [3.8, 4) is 0 Å². The van der Waals surface area contributed by atoms with Gasteiger partial charge in [-0.3, -0.25) is 4.79 Å². The van der Waals surface area contributed by atoms with E-state index in [2.05, 4.69) is 0 Å². The van der Waals surface area contributed by atoms with Crippen LogP contribution >= 0.6 is 11.6 Å². The van der Waals surface area contributed by atoms with Crippen LogP contribution in [-0.4, -0.2) is 48.3 Å². The molecule has 4 nitrogen and oxygen atoms in total. The highest BCUT2D eigenvalue weighted by Crippen LogP contribution is 2.21. The first kappa shape index (κ1) is 13.3. The number of rotatable bonds is 2. The maximum Gasteiger partial charge on any atom is 0.254 e. The van der Waals surface area contributed by atoms with Crippen LogP contribution in [-0.2, 0) is 4.74 Å². The molecule has 1 atom stereocenters. The Hall–Kier alpha value is -1.10. The average molecular weight is 270 g/mol. The lowest BCUT2D eigenvalue weighted by molar-refractivity contribution is -0.0184. The molecule has 1 fully saturated rings. The molecule has 0 aliphatic carbocycles. The first-order valence-electron chi connectivity index (χ1n) is 5.90. The number of benzene rings is 1. The van der Waals surface area contributed by atoms with Crippen molar-refractivity contribution >= 4 is 17.5 Å². The van der Waals surface area contributed by atoms with Crippen molar-refractivity contribution in [1.29, 1.82) is 0 Å². The van der Waals surface area contributed by atoms with Crippen LogP contribution in [0.3, 0.4) is 0 Å². The van der Waals surface area contributed by atoms with Gasteiger partial charge in [-0.15, -0.1) is 0 Å². The third kappa shape index (κ3) is 2.51. The molecule has 5 heteroatoms. The van der Waals surface area contributed by atoms with E-state index in [0.717, 1.165) is 5.56 Å². The fourth-order valence-electron chi connectivity index (χ4n) is 2.07. The summed E-state index contributed by atoms with van der Waals surface area (Å²) >= 11 is 6.02. The Balaban J connectivity index is 2.27. The van der Waals surface area contributed by atoms with Gasteiger partial charge in [0.05, 0.1) is 25.9 Å². The van der Waals surface area contributed by atoms with Gasteiger partial charge < -0.3 is 14.7 Å². The van der Waals surface area contributed by atoms with Crippen LogP contribution in [0.1, 0.15) is 15.9 Å². The molecular formula is C13H16ClNO3. The summed E-state index contributed by atoms with van der Waals surface area (Å²) in [5, 5.41) is 9.86. The van der Waals surface area contributed by atoms with Crippen molar-refractivity contribution in [1.82, 2.24) is 4.90 Å². The highest BCUT2D eigenvalue weighted by molar-refractivity contribution is 6.31. The topological polar surface area (TPSA) is 49.8 Å². The van der Waals surface area contributed by atoms with Crippen molar-refractivity contribution in [3.05, 3.63) is 34.3 Å². The number of halogens is 1. The lowest BCUT2D eigenvalue weighted by Gasteiger charge is -2.34. The van der Waals surface area contributed by atoms with Gasteiger partial charge in [0.1, 0.15) is 0 Å². The molecule has 1 aromatic rings. The zero-order chi connectivity index (χ0) is 13.1. The van der Waals surface area contributed by atoms with Crippen molar-refractivity contribution in [2.24, 2.45) is 0 Å². The minimum atomic E-state index is -0.273. The molecule has 2 rings (SSSR count). The van der Waals surface area contributed by atoms with Crippen molar-refractivity contribution < 1.29 is 14.6 Å². The molecule has 0 bridgehead atoms. The number of ether oxygens (including phenoxy) is 1. The molecule has 1 unspecified atom stereocenters. The van der Waals surface area contributed by atoms with E-state index in [4.69, 9.17) is 16.3 Å². The lowest BCUT2D eigenvalue weighted by Crippen LogP contribution is -2.50. The monoisotopic (exact) mass is 269 g/mol. The van der Waals surface area contributed by atoms with E-state index in [1.54, 1.807) is 23.1 Å². The van der Waals surface area contributed by atoms with Crippen LogP contribution in [0.2, 0.25) is 5.02 Å².